The average Bonchev–Trinajstić information content (AvgIpc) is 3.17. The molecule has 3 rings (SSSR count). The first kappa shape index (κ1) is 16.5. The maximum Gasteiger partial charge on any atom is 0.236 e. The van der Waals surface area contributed by atoms with Gasteiger partial charge in [-0.25, -0.2) is 0 Å². The third-order valence-corrected chi connectivity index (χ3v) is 4.95. The van der Waals surface area contributed by atoms with Gasteiger partial charge in [-0.2, -0.15) is 4.68 Å². The number of tetrazole rings is 1. The van der Waals surface area contributed by atoms with Gasteiger partial charge in [0, 0.05) is 0 Å². The smallest absolute Gasteiger partial charge is 0.236 e. The van der Waals surface area contributed by atoms with E-state index >= 15 is 0 Å². The van der Waals surface area contributed by atoms with Gasteiger partial charge in [0.25, 0.3) is 0 Å². The number of amides is 1. The first-order valence-electron chi connectivity index (χ1n) is 7.11. The number of rotatable bonds is 5. The van der Waals surface area contributed by atoms with Gasteiger partial charge in [0.15, 0.2) is 0 Å². The average molecular weight is 361 g/mol. The Labute approximate surface area is 146 Å². The van der Waals surface area contributed by atoms with Crippen LogP contribution in [0.4, 0.5) is 5.13 Å². The Morgan fingerprint density at radius 1 is 1.21 bits per heavy atom. The molecule has 0 bridgehead atoms. The summed E-state index contributed by atoms with van der Waals surface area (Å²) in [6.45, 7) is 5.92. The van der Waals surface area contributed by atoms with E-state index < -0.39 is 0 Å². The van der Waals surface area contributed by atoms with Crippen LogP contribution in [0.15, 0.2) is 23.4 Å². The van der Waals surface area contributed by atoms with Crippen LogP contribution >= 0.6 is 23.1 Å². The maximum atomic E-state index is 12.0. The third-order valence-electron chi connectivity index (χ3n) is 3.28. The Morgan fingerprint density at radius 3 is 2.75 bits per heavy atom. The zero-order valence-corrected chi connectivity index (χ0v) is 15.0. The van der Waals surface area contributed by atoms with Crippen LogP contribution in [-0.2, 0) is 4.79 Å². The molecule has 0 aliphatic heterocycles. The van der Waals surface area contributed by atoms with E-state index in [-0.39, 0.29) is 11.7 Å². The molecule has 1 N–H and O–H groups in total. The summed E-state index contributed by atoms with van der Waals surface area (Å²) in [5, 5.41) is 24.0. The molecule has 0 atom stereocenters. The molecule has 0 saturated carbocycles. The number of anilines is 1. The maximum absolute atomic E-state index is 12.0. The van der Waals surface area contributed by atoms with E-state index in [4.69, 9.17) is 0 Å². The molecular weight excluding hydrogens is 346 g/mol. The molecule has 0 radical (unpaired) electrons. The number of carbonyl (C=O) groups excluding carboxylic acids is 1. The molecule has 3 aromatic rings. The van der Waals surface area contributed by atoms with Gasteiger partial charge in [-0.1, -0.05) is 29.2 Å². The molecule has 0 aliphatic rings. The molecule has 0 spiro atoms. The van der Waals surface area contributed by atoms with E-state index in [0.29, 0.717) is 10.3 Å². The summed E-state index contributed by atoms with van der Waals surface area (Å²) < 4.78 is 1.62. The minimum absolute atomic E-state index is 0.175. The van der Waals surface area contributed by atoms with Crippen molar-refractivity contribution in [1.82, 2.24) is 30.4 Å². The predicted molar refractivity (Wildman–Crippen MR) is 92.6 cm³/mol. The summed E-state index contributed by atoms with van der Waals surface area (Å²) in [6.07, 6.45) is 0. The second-order valence-electron chi connectivity index (χ2n) is 5.10. The molecule has 2 aromatic heterocycles. The fourth-order valence-electron chi connectivity index (χ4n) is 1.92. The lowest BCUT2D eigenvalue weighted by atomic mass is 10.1. The lowest BCUT2D eigenvalue weighted by Crippen LogP contribution is -2.14. The molecule has 0 aliphatic carbocycles. The lowest BCUT2D eigenvalue weighted by Gasteiger charge is -2.06. The van der Waals surface area contributed by atoms with Crippen molar-refractivity contribution in [2.24, 2.45) is 0 Å². The molecule has 0 saturated heterocycles. The van der Waals surface area contributed by atoms with Crippen molar-refractivity contribution < 1.29 is 4.79 Å². The quantitative estimate of drug-likeness (QED) is 0.695. The third kappa shape index (κ3) is 3.77. The van der Waals surface area contributed by atoms with Gasteiger partial charge in [-0.15, -0.1) is 15.3 Å². The fraction of sp³-hybridized carbons (Fsp3) is 0.286. The number of aromatic nitrogens is 6. The largest absolute Gasteiger partial charge is 0.300 e. The summed E-state index contributed by atoms with van der Waals surface area (Å²) in [5.74, 6) is 0.00917. The van der Waals surface area contributed by atoms with Gasteiger partial charge < -0.3 is 0 Å². The first-order chi connectivity index (χ1) is 11.5. The number of hydrogen-bond acceptors (Lipinski definition) is 8. The minimum atomic E-state index is -0.175. The number of carbonyl (C=O) groups is 1. The Balaban J connectivity index is 1.67. The van der Waals surface area contributed by atoms with E-state index in [1.54, 1.807) is 4.68 Å². The van der Waals surface area contributed by atoms with Crippen LogP contribution in [0, 0.1) is 20.8 Å². The Bertz CT molecular complexity index is 874. The topological polar surface area (TPSA) is 98.5 Å². The Hall–Kier alpha value is -2.33. The highest BCUT2D eigenvalue weighted by molar-refractivity contribution is 7.99. The lowest BCUT2D eigenvalue weighted by molar-refractivity contribution is -0.113. The highest BCUT2D eigenvalue weighted by Crippen LogP contribution is 2.21. The summed E-state index contributed by atoms with van der Waals surface area (Å²) in [7, 11) is 0. The SMILES string of the molecule is Cc1nnc(NC(=O)CSc2nnnn2-c2ccc(C)c(C)c2)s1. The highest BCUT2D eigenvalue weighted by Gasteiger charge is 2.13. The van der Waals surface area contributed by atoms with E-state index in [0.717, 1.165) is 16.3 Å². The van der Waals surface area contributed by atoms with E-state index in [2.05, 4.69) is 31.0 Å². The highest BCUT2D eigenvalue weighted by atomic mass is 32.2. The molecule has 10 heteroatoms. The summed E-state index contributed by atoms with van der Waals surface area (Å²) >= 11 is 2.60. The van der Waals surface area contributed by atoms with Crippen LogP contribution < -0.4 is 5.32 Å². The summed E-state index contributed by atoms with van der Waals surface area (Å²) in [5.41, 5.74) is 3.22. The monoisotopic (exact) mass is 361 g/mol. The van der Waals surface area contributed by atoms with Crippen LogP contribution in [0.3, 0.4) is 0 Å². The second-order valence-corrected chi connectivity index (χ2v) is 7.23. The van der Waals surface area contributed by atoms with Gasteiger partial charge in [0.1, 0.15) is 5.01 Å². The standard InChI is InChI=1S/C14H15N7OS2/c1-8-4-5-11(6-9(8)2)21-14(18-19-20-21)23-7-12(22)15-13-17-16-10(3)24-13/h4-6H,7H2,1-3H3,(H,15,17,22). The van der Waals surface area contributed by atoms with Gasteiger partial charge in [-0.3, -0.25) is 10.1 Å². The molecule has 124 valence electrons. The van der Waals surface area contributed by atoms with Crippen molar-refractivity contribution in [1.29, 1.82) is 0 Å². The van der Waals surface area contributed by atoms with Crippen LogP contribution in [0.25, 0.3) is 5.69 Å². The second kappa shape index (κ2) is 7.05. The fourth-order valence-corrected chi connectivity index (χ4v) is 3.22. The number of hydrogen-bond donors (Lipinski definition) is 1. The number of aryl methyl sites for hydroxylation is 3. The Morgan fingerprint density at radius 2 is 2.04 bits per heavy atom. The molecule has 24 heavy (non-hydrogen) atoms. The number of nitrogens with one attached hydrogen (secondary N) is 1. The first-order valence-corrected chi connectivity index (χ1v) is 8.92. The van der Waals surface area contributed by atoms with Crippen molar-refractivity contribution in [3.05, 3.63) is 34.3 Å². The van der Waals surface area contributed by atoms with Gasteiger partial charge in [0.05, 0.1) is 11.4 Å². The van der Waals surface area contributed by atoms with Crippen molar-refractivity contribution >= 4 is 34.1 Å². The van der Waals surface area contributed by atoms with E-state index in [1.165, 1.54) is 28.7 Å². The van der Waals surface area contributed by atoms with E-state index in [1.807, 2.05) is 39.0 Å². The number of nitrogens with zero attached hydrogens (tertiary/aromatic N) is 6. The number of benzene rings is 1. The normalized spacial score (nSPS) is 10.8. The van der Waals surface area contributed by atoms with Crippen LogP contribution in [-0.4, -0.2) is 42.1 Å². The zero-order chi connectivity index (χ0) is 17.1. The van der Waals surface area contributed by atoms with Crippen molar-refractivity contribution in [2.75, 3.05) is 11.1 Å². The minimum Gasteiger partial charge on any atom is -0.300 e. The van der Waals surface area contributed by atoms with Crippen LogP contribution in [0.2, 0.25) is 0 Å². The molecular formula is C14H15N7OS2. The van der Waals surface area contributed by atoms with Crippen molar-refractivity contribution in [3.63, 3.8) is 0 Å². The summed E-state index contributed by atoms with van der Waals surface area (Å²) in [4.78, 5) is 12.0. The molecule has 1 aromatic carbocycles. The van der Waals surface area contributed by atoms with E-state index in [9.17, 15) is 4.79 Å². The number of thioether (sulfide) groups is 1. The molecule has 2 heterocycles. The zero-order valence-electron chi connectivity index (χ0n) is 13.3. The predicted octanol–water partition coefficient (Wildman–Crippen LogP) is 2.17. The van der Waals surface area contributed by atoms with Crippen molar-refractivity contribution in [3.8, 4) is 5.69 Å². The van der Waals surface area contributed by atoms with Gasteiger partial charge in [-0.05, 0) is 54.5 Å². The Kier molecular flexibility index (Phi) is 4.86. The van der Waals surface area contributed by atoms with Crippen LogP contribution in [0.5, 0.6) is 0 Å². The molecule has 0 unspecified atom stereocenters. The van der Waals surface area contributed by atoms with Gasteiger partial charge >= 0.3 is 0 Å². The molecule has 0 fully saturated rings. The van der Waals surface area contributed by atoms with Crippen LogP contribution in [0.1, 0.15) is 16.1 Å². The molecule has 8 nitrogen and oxygen atoms in total. The van der Waals surface area contributed by atoms with Crippen molar-refractivity contribution in [2.45, 2.75) is 25.9 Å². The molecule has 1 amide bonds. The summed E-state index contributed by atoms with van der Waals surface area (Å²) in [6, 6.07) is 5.98. The van der Waals surface area contributed by atoms with Gasteiger partial charge in [0.2, 0.25) is 16.2 Å².